The summed E-state index contributed by atoms with van der Waals surface area (Å²) in [6.07, 6.45) is 1.34. The van der Waals surface area contributed by atoms with Gasteiger partial charge in [-0.3, -0.25) is 4.79 Å². The fraction of sp³-hybridized carbons (Fsp3) is 0.154. The lowest BCUT2D eigenvalue weighted by Gasteiger charge is -2.27. The van der Waals surface area contributed by atoms with Crippen LogP contribution in [0.4, 0.5) is 10.3 Å². The van der Waals surface area contributed by atoms with Crippen molar-refractivity contribution in [3.63, 3.8) is 0 Å². The maximum atomic E-state index is 14.1. The Morgan fingerprint density at radius 1 is 1.45 bits per heavy atom. The van der Waals surface area contributed by atoms with Crippen LogP contribution in [0.2, 0.25) is 0 Å². The molecule has 1 amide bonds. The molecule has 0 saturated carbocycles. The van der Waals surface area contributed by atoms with Crippen molar-refractivity contribution in [3.05, 3.63) is 53.2 Å². The number of benzene rings is 1. The average molecular weight is 273 g/mol. The maximum absolute atomic E-state index is 14.1. The van der Waals surface area contributed by atoms with Crippen LogP contribution in [0.15, 0.2) is 41.9 Å². The van der Waals surface area contributed by atoms with E-state index in [2.05, 4.69) is 15.4 Å². The normalized spacial score (nSPS) is 17.6. The second-order valence-electron chi connectivity index (χ2n) is 4.48. The molecule has 1 aromatic carbocycles. The van der Waals surface area contributed by atoms with Gasteiger partial charge in [-0.1, -0.05) is 18.2 Å². The standard InChI is InChI=1S/C13H12FN5O/c1-7-10(12(15)20)11(8-4-2-3-5-9(8)14)19-13(18-7)16-6-17-19/h2-6,11H,1H3,(H2,15,20)(H,16,17,18)/t11-/m1/s1. The fourth-order valence-corrected chi connectivity index (χ4v) is 2.39. The van der Waals surface area contributed by atoms with E-state index >= 15 is 0 Å². The van der Waals surface area contributed by atoms with E-state index in [9.17, 15) is 9.18 Å². The smallest absolute Gasteiger partial charge is 0.248 e. The number of hydrogen-bond donors (Lipinski definition) is 2. The van der Waals surface area contributed by atoms with Gasteiger partial charge in [0, 0.05) is 11.3 Å². The molecule has 1 atom stereocenters. The van der Waals surface area contributed by atoms with Crippen molar-refractivity contribution in [3.8, 4) is 0 Å². The van der Waals surface area contributed by atoms with Crippen LogP contribution in [-0.2, 0) is 4.79 Å². The SMILES string of the molecule is CC1=C(C(N)=O)[C@@H](c2ccccc2F)n2ncnc2N1. The number of amides is 1. The van der Waals surface area contributed by atoms with Gasteiger partial charge in [0.05, 0.1) is 5.57 Å². The molecule has 0 spiro atoms. The number of aromatic nitrogens is 3. The highest BCUT2D eigenvalue weighted by Gasteiger charge is 2.33. The van der Waals surface area contributed by atoms with E-state index in [1.54, 1.807) is 25.1 Å². The number of rotatable bonds is 2. The topological polar surface area (TPSA) is 85.8 Å². The van der Waals surface area contributed by atoms with Gasteiger partial charge < -0.3 is 11.1 Å². The molecule has 0 saturated heterocycles. The Morgan fingerprint density at radius 3 is 2.90 bits per heavy atom. The maximum Gasteiger partial charge on any atom is 0.248 e. The van der Waals surface area contributed by atoms with Crippen LogP contribution >= 0.6 is 0 Å². The monoisotopic (exact) mass is 273 g/mol. The zero-order chi connectivity index (χ0) is 14.3. The minimum absolute atomic E-state index is 0.271. The molecule has 0 aliphatic carbocycles. The van der Waals surface area contributed by atoms with E-state index in [0.717, 1.165) is 0 Å². The van der Waals surface area contributed by atoms with Gasteiger partial charge in [-0.15, -0.1) is 0 Å². The van der Waals surface area contributed by atoms with Crippen LogP contribution in [-0.4, -0.2) is 20.7 Å². The van der Waals surface area contributed by atoms with Gasteiger partial charge in [0.15, 0.2) is 0 Å². The van der Waals surface area contributed by atoms with Gasteiger partial charge in [-0.25, -0.2) is 9.07 Å². The summed E-state index contributed by atoms with van der Waals surface area (Å²) in [6.45, 7) is 1.70. The summed E-state index contributed by atoms with van der Waals surface area (Å²) in [5, 5.41) is 6.99. The van der Waals surface area contributed by atoms with Gasteiger partial charge in [0.25, 0.3) is 0 Å². The number of primary amides is 1. The second kappa shape index (κ2) is 4.44. The van der Waals surface area contributed by atoms with Crippen molar-refractivity contribution >= 4 is 11.9 Å². The Hall–Kier alpha value is -2.70. The first-order valence-electron chi connectivity index (χ1n) is 6.01. The molecule has 3 rings (SSSR count). The highest BCUT2D eigenvalue weighted by molar-refractivity contribution is 5.95. The first-order chi connectivity index (χ1) is 9.59. The highest BCUT2D eigenvalue weighted by Crippen LogP contribution is 2.35. The molecule has 1 aromatic heterocycles. The van der Waals surface area contributed by atoms with Gasteiger partial charge >= 0.3 is 0 Å². The lowest BCUT2D eigenvalue weighted by molar-refractivity contribution is -0.115. The summed E-state index contributed by atoms with van der Waals surface area (Å²) in [6, 6.07) is 5.51. The Bertz CT molecular complexity index is 721. The van der Waals surface area contributed by atoms with Crippen LogP contribution in [0.5, 0.6) is 0 Å². The van der Waals surface area contributed by atoms with Crippen molar-refractivity contribution in [2.45, 2.75) is 13.0 Å². The van der Waals surface area contributed by atoms with Gasteiger partial charge in [0.2, 0.25) is 11.9 Å². The van der Waals surface area contributed by atoms with E-state index in [0.29, 0.717) is 17.2 Å². The summed E-state index contributed by atoms with van der Waals surface area (Å²) >= 11 is 0. The lowest BCUT2D eigenvalue weighted by atomic mass is 9.95. The molecule has 7 heteroatoms. The third-order valence-electron chi connectivity index (χ3n) is 3.26. The molecular formula is C13H12FN5O. The van der Waals surface area contributed by atoms with Gasteiger partial charge in [-0.2, -0.15) is 10.1 Å². The molecule has 3 N–H and O–H groups in total. The number of carbonyl (C=O) groups is 1. The van der Waals surface area contributed by atoms with Crippen LogP contribution < -0.4 is 11.1 Å². The summed E-state index contributed by atoms with van der Waals surface area (Å²) in [5.41, 5.74) is 6.59. The van der Waals surface area contributed by atoms with E-state index in [1.165, 1.54) is 17.1 Å². The number of nitrogens with two attached hydrogens (primary N) is 1. The Morgan fingerprint density at radius 2 is 2.20 bits per heavy atom. The predicted molar refractivity (Wildman–Crippen MR) is 70.1 cm³/mol. The Labute approximate surface area is 114 Å². The van der Waals surface area contributed by atoms with E-state index in [1.807, 2.05) is 0 Å². The molecule has 1 aliphatic rings. The average Bonchev–Trinajstić information content (AvgIpc) is 2.85. The number of fused-ring (bicyclic) bond motifs is 1. The van der Waals surface area contributed by atoms with Crippen molar-refractivity contribution in [2.75, 3.05) is 5.32 Å². The molecular weight excluding hydrogens is 261 g/mol. The molecule has 0 fully saturated rings. The molecule has 6 nitrogen and oxygen atoms in total. The number of nitrogens with zero attached hydrogens (tertiary/aromatic N) is 3. The fourth-order valence-electron chi connectivity index (χ4n) is 2.39. The van der Waals surface area contributed by atoms with Crippen LogP contribution in [0, 0.1) is 5.82 Å². The quantitative estimate of drug-likeness (QED) is 0.860. The largest absolute Gasteiger partial charge is 0.366 e. The van der Waals surface area contributed by atoms with Crippen molar-refractivity contribution in [1.82, 2.24) is 14.8 Å². The van der Waals surface area contributed by atoms with Gasteiger partial charge in [0.1, 0.15) is 18.2 Å². The molecule has 2 aromatic rings. The second-order valence-corrected chi connectivity index (χ2v) is 4.48. The molecule has 1 aliphatic heterocycles. The molecule has 0 radical (unpaired) electrons. The lowest BCUT2D eigenvalue weighted by Crippen LogP contribution is -2.32. The van der Waals surface area contributed by atoms with Crippen molar-refractivity contribution < 1.29 is 9.18 Å². The number of halogens is 1. The number of allylic oxidation sites excluding steroid dienone is 1. The number of anilines is 1. The molecule has 2 heterocycles. The first-order valence-corrected chi connectivity index (χ1v) is 6.01. The minimum Gasteiger partial charge on any atom is -0.366 e. The van der Waals surface area contributed by atoms with Crippen LogP contribution in [0.1, 0.15) is 18.5 Å². The molecule has 0 unspecified atom stereocenters. The number of hydrogen-bond acceptors (Lipinski definition) is 4. The molecule has 102 valence electrons. The number of nitrogens with one attached hydrogen (secondary N) is 1. The third kappa shape index (κ3) is 1.75. The number of carbonyl (C=O) groups excluding carboxylic acids is 1. The van der Waals surface area contributed by atoms with E-state index < -0.39 is 17.8 Å². The predicted octanol–water partition coefficient (Wildman–Crippen LogP) is 1.19. The van der Waals surface area contributed by atoms with Crippen molar-refractivity contribution in [2.24, 2.45) is 5.73 Å². The molecule has 0 bridgehead atoms. The third-order valence-corrected chi connectivity index (χ3v) is 3.26. The summed E-state index contributed by atoms with van der Waals surface area (Å²) in [7, 11) is 0. The minimum atomic E-state index is -0.715. The summed E-state index contributed by atoms with van der Waals surface area (Å²) < 4.78 is 15.5. The zero-order valence-electron chi connectivity index (χ0n) is 10.7. The highest BCUT2D eigenvalue weighted by atomic mass is 19.1. The van der Waals surface area contributed by atoms with Crippen LogP contribution in [0.3, 0.4) is 0 Å². The molecule has 20 heavy (non-hydrogen) atoms. The van der Waals surface area contributed by atoms with E-state index in [-0.39, 0.29) is 5.57 Å². The zero-order valence-corrected chi connectivity index (χ0v) is 10.7. The van der Waals surface area contributed by atoms with E-state index in [4.69, 9.17) is 5.73 Å². The van der Waals surface area contributed by atoms with Gasteiger partial charge in [-0.05, 0) is 13.0 Å². The first kappa shape index (κ1) is 12.3. The Balaban J connectivity index is 2.25. The summed E-state index contributed by atoms with van der Waals surface area (Å²) in [4.78, 5) is 15.8. The summed E-state index contributed by atoms with van der Waals surface area (Å²) in [5.74, 6) is -0.599. The Kier molecular flexibility index (Phi) is 2.74. The van der Waals surface area contributed by atoms with Crippen molar-refractivity contribution in [1.29, 1.82) is 0 Å². The van der Waals surface area contributed by atoms with Crippen LogP contribution in [0.25, 0.3) is 0 Å².